The van der Waals surface area contributed by atoms with E-state index in [0.717, 1.165) is 6.07 Å². The summed E-state index contributed by atoms with van der Waals surface area (Å²) in [6.07, 6.45) is 0. The molecule has 0 saturated heterocycles. The smallest absolute Gasteiger partial charge is 0.253 e. The molecule has 1 rings (SSSR count). The Balaban J connectivity index is 2.76. The molecule has 5 heteroatoms. The molecule has 0 aromatic heterocycles. The number of hydrogen-bond donors (Lipinski definition) is 2. The lowest BCUT2D eigenvalue weighted by Crippen LogP contribution is -2.38. The fourth-order valence-electron chi connectivity index (χ4n) is 1.26. The van der Waals surface area contributed by atoms with Gasteiger partial charge in [0.05, 0.1) is 10.6 Å². The summed E-state index contributed by atoms with van der Waals surface area (Å²) in [6, 6.07) is 3.43. The van der Waals surface area contributed by atoms with Gasteiger partial charge in [-0.05, 0) is 31.0 Å². The molecule has 0 heterocycles. The van der Waals surface area contributed by atoms with Crippen molar-refractivity contribution in [2.75, 3.05) is 6.61 Å². The first-order valence-electron chi connectivity index (χ1n) is 5.32. The maximum absolute atomic E-state index is 12.8. The maximum atomic E-state index is 12.8. The highest BCUT2D eigenvalue weighted by Crippen LogP contribution is 2.17. The average molecular weight is 260 g/mol. The zero-order chi connectivity index (χ0) is 13.0. The molecule has 94 valence electrons. The molecule has 3 nitrogen and oxygen atoms in total. The zero-order valence-electron chi connectivity index (χ0n) is 9.71. The van der Waals surface area contributed by atoms with Crippen LogP contribution in [0.1, 0.15) is 24.2 Å². The highest BCUT2D eigenvalue weighted by atomic mass is 35.5. The first-order valence-corrected chi connectivity index (χ1v) is 5.70. The molecule has 2 N–H and O–H groups in total. The van der Waals surface area contributed by atoms with E-state index in [-0.39, 0.29) is 35.1 Å². The lowest BCUT2D eigenvalue weighted by atomic mass is 10.0. The molecule has 0 bridgehead atoms. The molecule has 0 saturated carbocycles. The number of carbonyl (C=O) groups excluding carboxylic acids is 1. The lowest BCUT2D eigenvalue weighted by Gasteiger charge is -2.19. The first kappa shape index (κ1) is 13.9. The van der Waals surface area contributed by atoms with Gasteiger partial charge in [-0.15, -0.1) is 0 Å². The molecule has 0 spiro atoms. The van der Waals surface area contributed by atoms with Crippen LogP contribution in [0, 0.1) is 11.7 Å². The summed E-state index contributed by atoms with van der Waals surface area (Å²) in [5.41, 5.74) is 0.227. The minimum Gasteiger partial charge on any atom is -0.396 e. The van der Waals surface area contributed by atoms with Crippen LogP contribution in [0.25, 0.3) is 0 Å². The van der Waals surface area contributed by atoms with E-state index in [2.05, 4.69) is 5.32 Å². The van der Waals surface area contributed by atoms with Crippen LogP contribution >= 0.6 is 11.6 Å². The fraction of sp³-hybridized carbons (Fsp3) is 0.417. The monoisotopic (exact) mass is 259 g/mol. The van der Waals surface area contributed by atoms with Crippen LogP contribution in [-0.2, 0) is 0 Å². The van der Waals surface area contributed by atoms with Crippen LogP contribution in [0.15, 0.2) is 18.2 Å². The van der Waals surface area contributed by atoms with Crippen molar-refractivity contribution in [3.05, 3.63) is 34.6 Å². The highest BCUT2D eigenvalue weighted by molar-refractivity contribution is 6.33. The third kappa shape index (κ3) is 3.68. The van der Waals surface area contributed by atoms with Crippen LogP contribution < -0.4 is 5.32 Å². The van der Waals surface area contributed by atoms with Crippen molar-refractivity contribution in [2.45, 2.75) is 19.9 Å². The summed E-state index contributed by atoms with van der Waals surface area (Å²) >= 11 is 5.77. The zero-order valence-corrected chi connectivity index (χ0v) is 10.5. The van der Waals surface area contributed by atoms with Crippen LogP contribution in [0.3, 0.4) is 0 Å². The molecular formula is C12H15ClFNO2. The summed E-state index contributed by atoms with van der Waals surface area (Å²) in [4.78, 5) is 11.8. The van der Waals surface area contributed by atoms with Gasteiger partial charge >= 0.3 is 0 Å². The van der Waals surface area contributed by atoms with E-state index in [9.17, 15) is 9.18 Å². The van der Waals surface area contributed by atoms with E-state index in [1.54, 1.807) is 6.92 Å². The van der Waals surface area contributed by atoms with Gasteiger partial charge in [0.25, 0.3) is 5.91 Å². The van der Waals surface area contributed by atoms with E-state index in [1.807, 2.05) is 6.92 Å². The maximum Gasteiger partial charge on any atom is 0.253 e. The number of hydrogen-bond acceptors (Lipinski definition) is 2. The Morgan fingerprint density at radius 3 is 2.71 bits per heavy atom. The Kier molecular flexibility index (Phi) is 4.90. The third-order valence-corrected chi connectivity index (χ3v) is 2.99. The van der Waals surface area contributed by atoms with Crippen molar-refractivity contribution in [2.24, 2.45) is 5.92 Å². The predicted octanol–water partition coefficient (Wildman–Crippen LogP) is 2.23. The van der Waals surface area contributed by atoms with Crippen LogP contribution in [0.2, 0.25) is 5.02 Å². The van der Waals surface area contributed by atoms with Gasteiger partial charge in [-0.2, -0.15) is 0 Å². The number of rotatable bonds is 4. The third-order valence-electron chi connectivity index (χ3n) is 2.68. The molecule has 1 aromatic carbocycles. The summed E-state index contributed by atoms with van der Waals surface area (Å²) in [5, 5.41) is 11.7. The van der Waals surface area contributed by atoms with E-state index in [4.69, 9.17) is 16.7 Å². The van der Waals surface area contributed by atoms with Gasteiger partial charge in [0.15, 0.2) is 0 Å². The fourth-order valence-corrected chi connectivity index (χ4v) is 1.51. The molecule has 2 unspecified atom stereocenters. The molecule has 0 aliphatic carbocycles. The van der Waals surface area contributed by atoms with Gasteiger partial charge < -0.3 is 10.4 Å². The Morgan fingerprint density at radius 2 is 2.18 bits per heavy atom. The number of aliphatic hydroxyl groups is 1. The molecule has 0 fully saturated rings. The first-order chi connectivity index (χ1) is 7.95. The van der Waals surface area contributed by atoms with Crippen molar-refractivity contribution in [3.63, 3.8) is 0 Å². The number of carbonyl (C=O) groups is 1. The number of nitrogens with one attached hydrogen (secondary N) is 1. The van der Waals surface area contributed by atoms with Crippen molar-refractivity contribution in [1.82, 2.24) is 5.32 Å². The minimum absolute atomic E-state index is 0.0153. The van der Waals surface area contributed by atoms with Crippen LogP contribution in [0.4, 0.5) is 4.39 Å². The van der Waals surface area contributed by atoms with E-state index < -0.39 is 5.82 Å². The minimum atomic E-state index is -0.483. The van der Waals surface area contributed by atoms with Gasteiger partial charge in [-0.3, -0.25) is 4.79 Å². The molecule has 0 aliphatic heterocycles. The molecule has 1 aromatic rings. The Morgan fingerprint density at radius 1 is 1.53 bits per heavy atom. The molecule has 1 amide bonds. The van der Waals surface area contributed by atoms with Gasteiger partial charge in [-0.1, -0.05) is 18.5 Å². The van der Waals surface area contributed by atoms with E-state index in [0.29, 0.717) is 0 Å². The lowest BCUT2D eigenvalue weighted by molar-refractivity contribution is 0.0916. The molecule has 0 aliphatic rings. The normalized spacial score (nSPS) is 14.2. The number of benzene rings is 1. The van der Waals surface area contributed by atoms with Gasteiger partial charge in [0.2, 0.25) is 0 Å². The summed E-state index contributed by atoms with van der Waals surface area (Å²) < 4.78 is 12.8. The topological polar surface area (TPSA) is 49.3 Å². The Bertz CT molecular complexity index is 411. The number of aliphatic hydroxyl groups excluding tert-OH is 1. The SMILES string of the molecule is CC(CO)C(C)NC(=O)c1ccc(F)cc1Cl. The van der Waals surface area contributed by atoms with Crippen molar-refractivity contribution in [3.8, 4) is 0 Å². The van der Waals surface area contributed by atoms with Crippen LogP contribution in [0.5, 0.6) is 0 Å². The van der Waals surface area contributed by atoms with Crippen LogP contribution in [-0.4, -0.2) is 23.7 Å². The van der Waals surface area contributed by atoms with Gasteiger partial charge in [-0.25, -0.2) is 4.39 Å². The average Bonchev–Trinajstić information content (AvgIpc) is 2.27. The Labute approximate surface area is 105 Å². The number of amides is 1. The molecule has 17 heavy (non-hydrogen) atoms. The van der Waals surface area contributed by atoms with Crippen molar-refractivity contribution in [1.29, 1.82) is 0 Å². The summed E-state index contributed by atoms with van der Waals surface area (Å²) in [7, 11) is 0. The van der Waals surface area contributed by atoms with Crippen molar-refractivity contribution < 1.29 is 14.3 Å². The van der Waals surface area contributed by atoms with E-state index >= 15 is 0 Å². The standard InChI is InChI=1S/C12H15ClFNO2/c1-7(6-16)8(2)15-12(17)10-4-3-9(14)5-11(10)13/h3-5,7-8,16H,6H2,1-2H3,(H,15,17). The van der Waals surface area contributed by atoms with Gasteiger partial charge in [0, 0.05) is 12.6 Å². The molecular weight excluding hydrogens is 245 g/mol. The quantitative estimate of drug-likeness (QED) is 0.871. The van der Waals surface area contributed by atoms with Crippen molar-refractivity contribution >= 4 is 17.5 Å². The molecule has 2 atom stereocenters. The largest absolute Gasteiger partial charge is 0.396 e. The summed E-state index contributed by atoms with van der Waals surface area (Å²) in [5.74, 6) is -0.913. The molecule has 0 radical (unpaired) electrons. The predicted molar refractivity (Wildman–Crippen MR) is 64.6 cm³/mol. The summed E-state index contributed by atoms with van der Waals surface area (Å²) in [6.45, 7) is 3.59. The second-order valence-corrected chi connectivity index (χ2v) is 4.45. The Hall–Kier alpha value is -1.13. The number of halogens is 2. The van der Waals surface area contributed by atoms with Gasteiger partial charge in [0.1, 0.15) is 5.82 Å². The van der Waals surface area contributed by atoms with E-state index in [1.165, 1.54) is 12.1 Å². The second-order valence-electron chi connectivity index (χ2n) is 4.05. The highest BCUT2D eigenvalue weighted by Gasteiger charge is 2.17. The second kappa shape index (κ2) is 5.98.